The molecule has 1 aliphatic heterocycles. The molecule has 0 amide bonds. The van der Waals surface area contributed by atoms with E-state index >= 15 is 0 Å². The van der Waals surface area contributed by atoms with E-state index in [1.165, 1.54) is 6.92 Å². The van der Waals surface area contributed by atoms with Crippen LogP contribution >= 0.6 is 0 Å². The summed E-state index contributed by atoms with van der Waals surface area (Å²) >= 11 is 0. The van der Waals surface area contributed by atoms with E-state index in [1.54, 1.807) is 0 Å². The molecule has 1 rings (SSSR count). The van der Waals surface area contributed by atoms with Crippen LogP contribution in [0.15, 0.2) is 0 Å². The Bertz CT molecular complexity index is 322. The van der Waals surface area contributed by atoms with Crippen LogP contribution in [0.2, 0.25) is 0 Å². The van der Waals surface area contributed by atoms with Crippen LogP contribution in [0.3, 0.4) is 0 Å². The second-order valence-corrected chi connectivity index (χ2v) is 5.46. The zero-order valence-corrected chi connectivity index (χ0v) is 8.19. The van der Waals surface area contributed by atoms with Crippen LogP contribution in [-0.4, -0.2) is 42.0 Å². The average Bonchev–Trinajstić information content (AvgIpc) is 2.28. The smallest absolute Gasteiger partial charge is 0.389 e. The number of hydrogen-bond acceptors (Lipinski definition) is 3. The van der Waals surface area contributed by atoms with E-state index in [9.17, 15) is 26.7 Å². The standard InChI is InChI=1S/C6H10F3NO3S/c1-5(11)2-3-10(4-5)14(12,13)6(7,8)9/h11H,2-4H2,1H3. The molecule has 1 heterocycles. The van der Waals surface area contributed by atoms with Crippen LogP contribution in [0.4, 0.5) is 13.2 Å². The minimum atomic E-state index is -5.28. The monoisotopic (exact) mass is 233 g/mol. The molecular formula is C6H10F3NO3S. The number of alkyl halides is 3. The van der Waals surface area contributed by atoms with Crippen LogP contribution in [0.25, 0.3) is 0 Å². The lowest BCUT2D eigenvalue weighted by Gasteiger charge is -2.19. The molecule has 0 aliphatic carbocycles. The van der Waals surface area contributed by atoms with Crippen molar-refractivity contribution >= 4 is 10.0 Å². The molecule has 0 aromatic carbocycles. The van der Waals surface area contributed by atoms with Crippen molar-refractivity contribution in [3.63, 3.8) is 0 Å². The van der Waals surface area contributed by atoms with Crippen molar-refractivity contribution in [2.75, 3.05) is 13.1 Å². The Labute approximate surface area is 79.4 Å². The number of sulfonamides is 1. The van der Waals surface area contributed by atoms with Gasteiger partial charge in [-0.1, -0.05) is 0 Å². The van der Waals surface area contributed by atoms with E-state index in [1.807, 2.05) is 0 Å². The lowest BCUT2D eigenvalue weighted by molar-refractivity contribution is -0.0488. The molecule has 0 aromatic heterocycles. The Morgan fingerprint density at radius 2 is 1.93 bits per heavy atom. The minimum Gasteiger partial charge on any atom is -0.389 e. The number of hydrogen-bond donors (Lipinski definition) is 1. The number of rotatable bonds is 1. The summed E-state index contributed by atoms with van der Waals surface area (Å²) in [7, 11) is -5.27. The van der Waals surface area contributed by atoms with Gasteiger partial charge in [-0.2, -0.15) is 17.5 Å². The first-order valence-electron chi connectivity index (χ1n) is 3.85. The lowest BCUT2D eigenvalue weighted by Crippen LogP contribution is -2.41. The van der Waals surface area contributed by atoms with Crippen LogP contribution < -0.4 is 0 Å². The number of aliphatic hydroxyl groups is 1. The first kappa shape index (κ1) is 11.7. The molecule has 1 atom stereocenters. The van der Waals surface area contributed by atoms with Crippen molar-refractivity contribution in [2.45, 2.75) is 24.5 Å². The third kappa shape index (κ3) is 2.01. The van der Waals surface area contributed by atoms with E-state index in [0.717, 1.165) is 0 Å². The average molecular weight is 233 g/mol. The van der Waals surface area contributed by atoms with Gasteiger partial charge in [-0.05, 0) is 13.3 Å². The van der Waals surface area contributed by atoms with Crippen molar-refractivity contribution in [1.82, 2.24) is 4.31 Å². The SMILES string of the molecule is CC1(O)CCN(S(=O)(=O)C(F)(F)F)C1. The van der Waals surface area contributed by atoms with Gasteiger partial charge in [0.2, 0.25) is 0 Å². The summed E-state index contributed by atoms with van der Waals surface area (Å²) in [6.07, 6.45) is 0.0162. The summed E-state index contributed by atoms with van der Waals surface area (Å²) in [5.74, 6) is 0. The van der Waals surface area contributed by atoms with Crippen molar-refractivity contribution in [3.05, 3.63) is 0 Å². The van der Waals surface area contributed by atoms with Gasteiger partial charge >= 0.3 is 15.5 Å². The van der Waals surface area contributed by atoms with Gasteiger partial charge in [-0.3, -0.25) is 0 Å². The largest absolute Gasteiger partial charge is 0.511 e. The fourth-order valence-corrected chi connectivity index (χ4v) is 2.33. The molecule has 14 heavy (non-hydrogen) atoms. The molecule has 1 fully saturated rings. The maximum atomic E-state index is 12.0. The number of halogens is 3. The third-order valence-electron chi connectivity index (χ3n) is 2.05. The predicted molar refractivity (Wildman–Crippen MR) is 41.8 cm³/mol. The third-order valence-corrected chi connectivity index (χ3v) is 3.63. The molecule has 1 unspecified atom stereocenters. The molecule has 0 aromatic rings. The molecule has 1 aliphatic rings. The zero-order chi connectivity index (χ0) is 11.2. The number of nitrogens with zero attached hydrogens (tertiary/aromatic N) is 1. The van der Waals surface area contributed by atoms with Crippen molar-refractivity contribution in [2.24, 2.45) is 0 Å². The highest BCUT2D eigenvalue weighted by molar-refractivity contribution is 7.90. The second kappa shape index (κ2) is 3.07. The van der Waals surface area contributed by atoms with Crippen molar-refractivity contribution < 1.29 is 26.7 Å². The highest BCUT2D eigenvalue weighted by Crippen LogP contribution is 2.32. The quantitative estimate of drug-likeness (QED) is 0.708. The van der Waals surface area contributed by atoms with Crippen LogP contribution in [0.5, 0.6) is 0 Å². The zero-order valence-electron chi connectivity index (χ0n) is 7.37. The summed E-state index contributed by atoms with van der Waals surface area (Å²) in [6, 6.07) is 0. The van der Waals surface area contributed by atoms with Gasteiger partial charge in [0.15, 0.2) is 0 Å². The molecule has 84 valence electrons. The maximum absolute atomic E-state index is 12.0. The molecule has 8 heteroatoms. The molecule has 0 bridgehead atoms. The van der Waals surface area contributed by atoms with Gasteiger partial charge in [0.05, 0.1) is 5.60 Å². The van der Waals surface area contributed by atoms with Crippen LogP contribution in [0, 0.1) is 0 Å². The van der Waals surface area contributed by atoms with Gasteiger partial charge in [0, 0.05) is 13.1 Å². The summed E-state index contributed by atoms with van der Waals surface area (Å²) in [5.41, 5.74) is -6.65. The first-order valence-corrected chi connectivity index (χ1v) is 5.29. The van der Waals surface area contributed by atoms with Gasteiger partial charge in [0.25, 0.3) is 0 Å². The van der Waals surface area contributed by atoms with Gasteiger partial charge in [0.1, 0.15) is 0 Å². The van der Waals surface area contributed by atoms with E-state index in [2.05, 4.69) is 0 Å². The highest BCUT2D eigenvalue weighted by Gasteiger charge is 2.53. The Hall–Kier alpha value is -0.340. The van der Waals surface area contributed by atoms with Crippen molar-refractivity contribution in [3.8, 4) is 0 Å². The van der Waals surface area contributed by atoms with E-state index in [4.69, 9.17) is 0 Å². The van der Waals surface area contributed by atoms with Crippen molar-refractivity contribution in [1.29, 1.82) is 0 Å². The number of β-amino-alcohol motifs (C(OH)–C–C–N with tert-alkyl or cyclic N) is 1. The molecule has 1 N–H and O–H groups in total. The Morgan fingerprint density at radius 1 is 1.43 bits per heavy atom. The van der Waals surface area contributed by atoms with E-state index in [-0.39, 0.29) is 17.3 Å². The molecular weight excluding hydrogens is 223 g/mol. The topological polar surface area (TPSA) is 57.6 Å². The van der Waals surface area contributed by atoms with E-state index in [0.29, 0.717) is 0 Å². The first-order chi connectivity index (χ1) is 6.06. The fraction of sp³-hybridized carbons (Fsp3) is 1.00. The van der Waals surface area contributed by atoms with Gasteiger partial charge in [-0.25, -0.2) is 8.42 Å². The maximum Gasteiger partial charge on any atom is 0.511 e. The van der Waals surface area contributed by atoms with Crippen LogP contribution in [0.1, 0.15) is 13.3 Å². The fourth-order valence-electron chi connectivity index (χ4n) is 1.26. The Balaban J connectivity index is 2.89. The molecule has 1 saturated heterocycles. The summed E-state index contributed by atoms with van der Waals surface area (Å²) in [5, 5.41) is 9.32. The lowest BCUT2D eigenvalue weighted by atomic mass is 10.1. The second-order valence-electron chi connectivity index (χ2n) is 3.53. The normalized spacial score (nSPS) is 30.9. The molecule has 0 spiro atoms. The molecule has 0 radical (unpaired) electrons. The minimum absolute atomic E-state index is 0.0162. The van der Waals surface area contributed by atoms with Gasteiger partial charge < -0.3 is 5.11 Å². The van der Waals surface area contributed by atoms with E-state index < -0.39 is 27.7 Å². The highest BCUT2D eigenvalue weighted by atomic mass is 32.2. The Morgan fingerprint density at radius 3 is 2.21 bits per heavy atom. The summed E-state index contributed by atoms with van der Waals surface area (Å²) in [6.45, 7) is 0.503. The summed E-state index contributed by atoms with van der Waals surface area (Å²) < 4.78 is 58.0. The summed E-state index contributed by atoms with van der Waals surface area (Å²) in [4.78, 5) is 0. The Kier molecular flexibility index (Phi) is 2.58. The predicted octanol–water partition coefficient (Wildman–Crippen LogP) is 0.293. The van der Waals surface area contributed by atoms with Crippen LogP contribution in [-0.2, 0) is 10.0 Å². The van der Waals surface area contributed by atoms with Gasteiger partial charge in [-0.15, -0.1) is 0 Å². The molecule has 0 saturated carbocycles. The molecule has 4 nitrogen and oxygen atoms in total.